The second-order valence-corrected chi connectivity index (χ2v) is 5.73. The third-order valence-corrected chi connectivity index (χ3v) is 3.00. The van der Waals surface area contributed by atoms with Crippen LogP contribution >= 0.6 is 0 Å². The van der Waals surface area contributed by atoms with Gasteiger partial charge in [-0.3, -0.25) is 0 Å². The number of rotatable bonds is 2. The van der Waals surface area contributed by atoms with Gasteiger partial charge < -0.3 is 10.5 Å². The molecule has 0 aliphatic rings. The predicted molar refractivity (Wildman–Crippen MR) is 78.6 cm³/mol. The summed E-state index contributed by atoms with van der Waals surface area (Å²) in [6, 6.07) is 11.6. The van der Waals surface area contributed by atoms with Crippen LogP contribution in [0.3, 0.4) is 0 Å². The number of nitrogen functional groups attached to an aromatic ring is 1. The minimum atomic E-state index is 0.138. The molecule has 1 aromatic carbocycles. The van der Waals surface area contributed by atoms with E-state index in [9.17, 15) is 0 Å². The molecule has 1 heterocycles. The maximum absolute atomic E-state index is 5.77. The molecule has 3 heteroatoms. The molecule has 0 aliphatic heterocycles. The van der Waals surface area contributed by atoms with Gasteiger partial charge in [0.25, 0.3) is 0 Å². The van der Waals surface area contributed by atoms with Gasteiger partial charge in [-0.2, -0.15) is 4.98 Å². The number of aromatic nitrogens is 1. The lowest BCUT2D eigenvalue weighted by Gasteiger charge is -2.20. The summed E-state index contributed by atoms with van der Waals surface area (Å²) in [5.74, 6) is 1.79. The van der Waals surface area contributed by atoms with Gasteiger partial charge in [0.05, 0.1) is 0 Å². The maximum Gasteiger partial charge on any atom is 0.221 e. The fourth-order valence-electron chi connectivity index (χ4n) is 1.83. The van der Waals surface area contributed by atoms with Gasteiger partial charge >= 0.3 is 0 Å². The van der Waals surface area contributed by atoms with Gasteiger partial charge in [-0.05, 0) is 35.6 Å². The number of pyridine rings is 1. The molecule has 0 saturated carbocycles. The molecule has 0 saturated heterocycles. The van der Waals surface area contributed by atoms with Gasteiger partial charge in [0.1, 0.15) is 11.6 Å². The molecule has 100 valence electrons. The van der Waals surface area contributed by atoms with Crippen molar-refractivity contribution in [1.82, 2.24) is 4.98 Å². The highest BCUT2D eigenvalue weighted by Gasteiger charge is 2.15. The summed E-state index contributed by atoms with van der Waals surface area (Å²) in [4.78, 5) is 4.14. The first-order valence-corrected chi connectivity index (χ1v) is 6.38. The normalized spacial score (nSPS) is 11.4. The van der Waals surface area contributed by atoms with Gasteiger partial charge in [0.2, 0.25) is 5.88 Å². The first-order chi connectivity index (χ1) is 8.86. The third-order valence-electron chi connectivity index (χ3n) is 3.00. The van der Waals surface area contributed by atoms with E-state index in [0.29, 0.717) is 11.7 Å². The van der Waals surface area contributed by atoms with Crippen LogP contribution in [0.5, 0.6) is 11.6 Å². The molecule has 0 radical (unpaired) electrons. The molecule has 2 rings (SSSR count). The maximum atomic E-state index is 5.77. The van der Waals surface area contributed by atoms with Crippen LogP contribution in [-0.4, -0.2) is 4.98 Å². The average molecular weight is 256 g/mol. The Morgan fingerprint density at radius 3 is 2.42 bits per heavy atom. The average Bonchev–Trinajstić information content (AvgIpc) is 2.30. The fraction of sp³-hybridized carbons (Fsp3) is 0.312. The van der Waals surface area contributed by atoms with Crippen molar-refractivity contribution in [2.45, 2.75) is 33.1 Å². The van der Waals surface area contributed by atoms with E-state index in [1.165, 1.54) is 5.56 Å². The van der Waals surface area contributed by atoms with Crippen molar-refractivity contribution >= 4 is 5.82 Å². The van der Waals surface area contributed by atoms with E-state index in [4.69, 9.17) is 10.5 Å². The van der Waals surface area contributed by atoms with Gasteiger partial charge in [0, 0.05) is 6.07 Å². The van der Waals surface area contributed by atoms with Crippen LogP contribution in [0.4, 0.5) is 5.82 Å². The summed E-state index contributed by atoms with van der Waals surface area (Å²) in [5.41, 5.74) is 8.16. The van der Waals surface area contributed by atoms with E-state index in [-0.39, 0.29) is 5.41 Å². The Morgan fingerprint density at radius 2 is 1.84 bits per heavy atom. The first kappa shape index (κ1) is 13.4. The molecule has 3 nitrogen and oxygen atoms in total. The highest BCUT2D eigenvalue weighted by molar-refractivity contribution is 5.41. The number of hydrogen-bond donors (Lipinski definition) is 1. The van der Waals surface area contributed by atoms with Crippen LogP contribution in [0.1, 0.15) is 31.9 Å². The van der Waals surface area contributed by atoms with Gasteiger partial charge in [0.15, 0.2) is 0 Å². The van der Waals surface area contributed by atoms with Crippen LogP contribution in [0.2, 0.25) is 0 Å². The molecule has 0 unspecified atom stereocenters. The third kappa shape index (κ3) is 3.25. The first-order valence-electron chi connectivity index (χ1n) is 6.38. The van der Waals surface area contributed by atoms with Crippen molar-refractivity contribution in [2.24, 2.45) is 0 Å². The van der Waals surface area contributed by atoms with E-state index in [1.54, 1.807) is 12.1 Å². The summed E-state index contributed by atoms with van der Waals surface area (Å²) < 4.78 is 5.77. The predicted octanol–water partition coefficient (Wildman–Crippen LogP) is 4.06. The monoisotopic (exact) mass is 256 g/mol. The number of benzene rings is 1. The Morgan fingerprint density at radius 1 is 1.11 bits per heavy atom. The Kier molecular flexibility index (Phi) is 3.47. The number of hydrogen-bond acceptors (Lipinski definition) is 3. The van der Waals surface area contributed by atoms with Crippen molar-refractivity contribution in [1.29, 1.82) is 0 Å². The number of ether oxygens (including phenoxy) is 1. The molecule has 0 bridgehead atoms. The van der Waals surface area contributed by atoms with E-state index in [1.807, 2.05) is 19.1 Å². The van der Waals surface area contributed by atoms with E-state index >= 15 is 0 Å². The molecular weight excluding hydrogens is 236 g/mol. The van der Waals surface area contributed by atoms with Gasteiger partial charge in [-0.15, -0.1) is 0 Å². The molecule has 0 spiro atoms. The van der Waals surface area contributed by atoms with Crippen LogP contribution < -0.4 is 10.5 Å². The molecule has 19 heavy (non-hydrogen) atoms. The fourth-order valence-corrected chi connectivity index (χ4v) is 1.83. The van der Waals surface area contributed by atoms with Gasteiger partial charge in [-0.25, -0.2) is 0 Å². The summed E-state index contributed by atoms with van der Waals surface area (Å²) in [6.07, 6.45) is 0. The second kappa shape index (κ2) is 4.92. The summed E-state index contributed by atoms with van der Waals surface area (Å²) in [5, 5.41) is 0. The molecule has 2 N–H and O–H groups in total. The van der Waals surface area contributed by atoms with Crippen molar-refractivity contribution in [3.05, 3.63) is 47.5 Å². The summed E-state index contributed by atoms with van der Waals surface area (Å²) >= 11 is 0. The van der Waals surface area contributed by atoms with Crippen LogP contribution in [-0.2, 0) is 5.41 Å². The van der Waals surface area contributed by atoms with E-state index < -0.39 is 0 Å². The molecule has 0 amide bonds. The number of anilines is 1. The Balaban J connectivity index is 2.27. The zero-order valence-electron chi connectivity index (χ0n) is 11.9. The standard InChI is InChI=1S/C16H20N2O/c1-11-10-12(16(2,3)4)8-9-13(11)19-15-7-5-6-14(17)18-15/h5-10H,1-4H3,(H2,17,18). The minimum absolute atomic E-state index is 0.138. The lowest BCUT2D eigenvalue weighted by atomic mass is 9.86. The quantitative estimate of drug-likeness (QED) is 0.881. The lowest BCUT2D eigenvalue weighted by molar-refractivity contribution is 0.459. The Bertz CT molecular complexity index is 586. The molecular formula is C16H20N2O. The highest BCUT2D eigenvalue weighted by Crippen LogP contribution is 2.29. The largest absolute Gasteiger partial charge is 0.439 e. The molecule has 0 fully saturated rings. The summed E-state index contributed by atoms with van der Waals surface area (Å²) in [6.45, 7) is 8.63. The highest BCUT2D eigenvalue weighted by atomic mass is 16.5. The van der Waals surface area contributed by atoms with Crippen molar-refractivity contribution in [3.8, 4) is 11.6 Å². The Hall–Kier alpha value is -2.03. The molecule has 1 aromatic heterocycles. The zero-order valence-corrected chi connectivity index (χ0v) is 11.9. The molecule has 0 atom stereocenters. The summed E-state index contributed by atoms with van der Waals surface area (Å²) in [7, 11) is 0. The van der Waals surface area contributed by atoms with Crippen molar-refractivity contribution in [2.75, 3.05) is 5.73 Å². The zero-order chi connectivity index (χ0) is 14.0. The topological polar surface area (TPSA) is 48.1 Å². The molecule has 2 aromatic rings. The van der Waals surface area contributed by atoms with Crippen LogP contribution in [0.15, 0.2) is 36.4 Å². The lowest BCUT2D eigenvalue weighted by Crippen LogP contribution is -2.11. The molecule has 0 aliphatic carbocycles. The van der Waals surface area contributed by atoms with Crippen molar-refractivity contribution < 1.29 is 4.74 Å². The van der Waals surface area contributed by atoms with Crippen LogP contribution in [0, 0.1) is 6.92 Å². The van der Waals surface area contributed by atoms with E-state index in [2.05, 4.69) is 37.9 Å². The minimum Gasteiger partial charge on any atom is -0.439 e. The van der Waals surface area contributed by atoms with Gasteiger partial charge in [-0.1, -0.05) is 39.0 Å². The number of aryl methyl sites for hydroxylation is 1. The number of nitrogens with two attached hydrogens (primary N) is 1. The number of nitrogens with zero attached hydrogens (tertiary/aromatic N) is 1. The second-order valence-electron chi connectivity index (χ2n) is 5.73. The Labute approximate surface area is 114 Å². The smallest absolute Gasteiger partial charge is 0.221 e. The van der Waals surface area contributed by atoms with Crippen LogP contribution in [0.25, 0.3) is 0 Å². The SMILES string of the molecule is Cc1cc(C(C)(C)C)ccc1Oc1cccc(N)n1. The van der Waals surface area contributed by atoms with Crippen molar-refractivity contribution in [3.63, 3.8) is 0 Å². The van der Waals surface area contributed by atoms with E-state index in [0.717, 1.165) is 11.3 Å².